The Hall–Kier alpha value is -0.830. The number of hydrogen-bond acceptors (Lipinski definition) is 3. The van der Waals surface area contributed by atoms with Crippen molar-refractivity contribution in [1.82, 2.24) is 14.7 Å². The molecule has 7 heteroatoms. The van der Waals surface area contributed by atoms with E-state index in [4.69, 9.17) is 10.5 Å². The average molecular weight is 433 g/mol. The highest BCUT2D eigenvalue weighted by molar-refractivity contribution is 14.0. The fraction of sp³-hybridized carbons (Fsp3) is 0.750. The summed E-state index contributed by atoms with van der Waals surface area (Å²) in [4.78, 5) is 6.89. The highest BCUT2D eigenvalue weighted by atomic mass is 127. The van der Waals surface area contributed by atoms with Crippen molar-refractivity contribution in [2.24, 2.45) is 29.6 Å². The molecule has 0 aromatic carbocycles. The van der Waals surface area contributed by atoms with Crippen LogP contribution in [0.2, 0.25) is 0 Å². The summed E-state index contributed by atoms with van der Waals surface area (Å²) in [6.07, 6.45) is 5.44. The van der Waals surface area contributed by atoms with Crippen LogP contribution >= 0.6 is 24.0 Å². The summed E-state index contributed by atoms with van der Waals surface area (Å²) in [5, 5.41) is 4.24. The molecule has 0 aliphatic carbocycles. The van der Waals surface area contributed by atoms with E-state index in [2.05, 4.69) is 21.9 Å². The number of hydrogen-bond donors (Lipinski definition) is 1. The maximum Gasteiger partial charge on any atom is 0.191 e. The molecule has 3 rings (SSSR count). The molecule has 3 atom stereocenters. The molecule has 1 aromatic heterocycles. The van der Waals surface area contributed by atoms with Gasteiger partial charge in [-0.3, -0.25) is 9.67 Å². The first-order valence-electron chi connectivity index (χ1n) is 8.29. The van der Waals surface area contributed by atoms with Gasteiger partial charge in [0.1, 0.15) is 6.10 Å². The van der Waals surface area contributed by atoms with Gasteiger partial charge in [0.15, 0.2) is 5.96 Å². The molecule has 1 aromatic rings. The first-order chi connectivity index (χ1) is 10.6. The van der Waals surface area contributed by atoms with Gasteiger partial charge in [-0.05, 0) is 31.2 Å². The maximum absolute atomic E-state index is 6.20. The van der Waals surface area contributed by atoms with Crippen LogP contribution in [0.5, 0.6) is 0 Å². The van der Waals surface area contributed by atoms with Crippen molar-refractivity contribution in [3.63, 3.8) is 0 Å². The Balaban J connectivity index is 0.00000192. The summed E-state index contributed by atoms with van der Waals surface area (Å²) in [6.45, 7) is 5.86. The quantitative estimate of drug-likeness (QED) is 0.451. The van der Waals surface area contributed by atoms with Crippen LogP contribution in [0.3, 0.4) is 0 Å². The van der Waals surface area contributed by atoms with Crippen LogP contribution in [0, 0.1) is 11.8 Å². The predicted octanol–water partition coefficient (Wildman–Crippen LogP) is 2.16. The number of aromatic nitrogens is 2. The molecule has 1 unspecified atom stereocenters. The summed E-state index contributed by atoms with van der Waals surface area (Å²) in [5.41, 5.74) is 7.33. The molecule has 6 nitrogen and oxygen atoms in total. The summed E-state index contributed by atoms with van der Waals surface area (Å²) in [5.74, 6) is 1.79. The van der Waals surface area contributed by atoms with Gasteiger partial charge in [-0.1, -0.05) is 6.92 Å². The zero-order valence-corrected chi connectivity index (χ0v) is 16.3. The third kappa shape index (κ3) is 4.37. The minimum atomic E-state index is 0. The monoisotopic (exact) mass is 433 g/mol. The Morgan fingerprint density at radius 1 is 1.48 bits per heavy atom. The number of guanidine groups is 1. The predicted molar refractivity (Wildman–Crippen MR) is 102 cm³/mol. The van der Waals surface area contributed by atoms with E-state index in [-0.39, 0.29) is 30.1 Å². The summed E-state index contributed by atoms with van der Waals surface area (Å²) < 4.78 is 7.79. The second-order valence-corrected chi connectivity index (χ2v) is 6.61. The van der Waals surface area contributed by atoms with Gasteiger partial charge < -0.3 is 15.4 Å². The zero-order chi connectivity index (χ0) is 15.5. The van der Waals surface area contributed by atoms with Crippen LogP contribution in [0.15, 0.2) is 17.3 Å². The number of nitrogens with two attached hydrogens (primary N) is 1. The fourth-order valence-corrected chi connectivity index (χ4v) is 3.52. The summed E-state index contributed by atoms with van der Waals surface area (Å²) in [6, 6.07) is 2.03. The topological polar surface area (TPSA) is 68.7 Å². The maximum atomic E-state index is 6.20. The molecule has 23 heavy (non-hydrogen) atoms. The molecule has 2 fully saturated rings. The van der Waals surface area contributed by atoms with E-state index in [1.807, 2.05) is 24.0 Å². The minimum Gasteiger partial charge on any atom is -0.372 e. The standard InChI is InChI=1S/C16H27N5O.HI/c1-12-4-3-8-21(11-12)16(17)18-10-13-6-9-22-15(13)14-5-7-19-20(14)2;/h5,7,12-13,15H,3-4,6,8-11H2,1-2H3,(H2,17,18);1H/t12?,13-,15+;/m0./s1. The van der Waals surface area contributed by atoms with Crippen molar-refractivity contribution in [2.45, 2.75) is 32.3 Å². The van der Waals surface area contributed by atoms with E-state index >= 15 is 0 Å². The van der Waals surface area contributed by atoms with Crippen LogP contribution < -0.4 is 5.73 Å². The first kappa shape index (κ1) is 18.5. The molecule has 0 bridgehead atoms. The molecule has 2 N–H and O–H groups in total. The van der Waals surface area contributed by atoms with Gasteiger partial charge in [-0.2, -0.15) is 5.10 Å². The molecule has 2 aliphatic heterocycles. The Labute approximate surface area is 155 Å². The van der Waals surface area contributed by atoms with Crippen molar-refractivity contribution in [2.75, 3.05) is 26.2 Å². The fourth-order valence-electron chi connectivity index (χ4n) is 3.52. The number of likely N-dealkylation sites (tertiary alicyclic amines) is 1. The van der Waals surface area contributed by atoms with Crippen molar-refractivity contribution >= 4 is 29.9 Å². The van der Waals surface area contributed by atoms with Crippen LogP contribution in [0.25, 0.3) is 0 Å². The number of aliphatic imine (C=N–C) groups is 1. The van der Waals surface area contributed by atoms with Crippen LogP contribution in [-0.4, -0.2) is 46.9 Å². The van der Waals surface area contributed by atoms with E-state index in [0.717, 1.165) is 38.4 Å². The Bertz CT molecular complexity index is 532. The van der Waals surface area contributed by atoms with Gasteiger partial charge in [-0.25, -0.2) is 0 Å². The molecule has 0 amide bonds. The zero-order valence-electron chi connectivity index (χ0n) is 14.0. The van der Waals surface area contributed by atoms with E-state index in [9.17, 15) is 0 Å². The smallest absolute Gasteiger partial charge is 0.191 e. The average Bonchev–Trinajstić information content (AvgIpc) is 3.12. The lowest BCUT2D eigenvalue weighted by Crippen LogP contribution is -2.43. The van der Waals surface area contributed by atoms with Crippen molar-refractivity contribution in [3.8, 4) is 0 Å². The molecule has 0 saturated carbocycles. The molecule has 130 valence electrons. The number of nitrogens with zero attached hydrogens (tertiary/aromatic N) is 4. The van der Waals surface area contributed by atoms with Crippen molar-refractivity contribution in [1.29, 1.82) is 0 Å². The second kappa shape index (κ2) is 8.32. The van der Waals surface area contributed by atoms with Crippen LogP contribution in [0.4, 0.5) is 0 Å². The Morgan fingerprint density at radius 3 is 3.00 bits per heavy atom. The largest absolute Gasteiger partial charge is 0.372 e. The third-order valence-corrected chi connectivity index (χ3v) is 4.83. The van der Waals surface area contributed by atoms with Gasteiger partial charge in [-0.15, -0.1) is 24.0 Å². The molecule has 0 radical (unpaired) electrons. The Morgan fingerprint density at radius 2 is 2.30 bits per heavy atom. The highest BCUT2D eigenvalue weighted by Gasteiger charge is 2.31. The number of rotatable bonds is 3. The summed E-state index contributed by atoms with van der Waals surface area (Å²) >= 11 is 0. The lowest BCUT2D eigenvalue weighted by molar-refractivity contribution is 0.0858. The molecule has 3 heterocycles. The van der Waals surface area contributed by atoms with Gasteiger partial charge in [0.2, 0.25) is 0 Å². The van der Waals surface area contributed by atoms with Crippen LogP contribution in [0.1, 0.15) is 38.0 Å². The molecular weight excluding hydrogens is 405 g/mol. The third-order valence-electron chi connectivity index (χ3n) is 4.83. The first-order valence-corrected chi connectivity index (χ1v) is 8.29. The molecule has 2 aliphatic rings. The molecular formula is C16H28IN5O. The Kier molecular flexibility index (Phi) is 6.70. The van der Waals surface area contributed by atoms with Gasteiger partial charge in [0, 0.05) is 45.4 Å². The molecule has 2 saturated heterocycles. The van der Waals surface area contributed by atoms with E-state index in [1.54, 1.807) is 0 Å². The molecule has 0 spiro atoms. The number of ether oxygens (including phenoxy) is 1. The van der Waals surface area contributed by atoms with Crippen molar-refractivity contribution in [3.05, 3.63) is 18.0 Å². The number of piperidine rings is 1. The number of halogens is 1. The van der Waals surface area contributed by atoms with E-state index in [1.165, 1.54) is 12.8 Å². The van der Waals surface area contributed by atoms with E-state index in [0.29, 0.717) is 17.8 Å². The highest BCUT2D eigenvalue weighted by Crippen LogP contribution is 2.34. The lowest BCUT2D eigenvalue weighted by Gasteiger charge is -2.31. The van der Waals surface area contributed by atoms with Gasteiger partial charge >= 0.3 is 0 Å². The van der Waals surface area contributed by atoms with Gasteiger partial charge in [0.05, 0.1) is 5.69 Å². The number of aryl methyl sites for hydroxylation is 1. The lowest BCUT2D eigenvalue weighted by atomic mass is 9.99. The van der Waals surface area contributed by atoms with E-state index < -0.39 is 0 Å². The minimum absolute atomic E-state index is 0. The second-order valence-electron chi connectivity index (χ2n) is 6.61. The van der Waals surface area contributed by atoms with Gasteiger partial charge in [0.25, 0.3) is 0 Å². The normalized spacial score (nSPS) is 28.7. The van der Waals surface area contributed by atoms with Crippen LogP contribution in [-0.2, 0) is 11.8 Å². The summed E-state index contributed by atoms with van der Waals surface area (Å²) in [7, 11) is 1.96. The SMILES string of the molecule is CC1CCCN(C(N)=NC[C@@H]2CCO[C@H]2c2ccnn2C)C1.I. The van der Waals surface area contributed by atoms with Crippen molar-refractivity contribution < 1.29 is 4.74 Å².